The maximum atomic E-state index is 12.4. The first kappa shape index (κ1) is 18.5. The van der Waals surface area contributed by atoms with Crippen LogP contribution in [0.25, 0.3) is 21.5 Å². The Morgan fingerprint density at radius 1 is 1.21 bits per heavy atom. The molecule has 0 saturated heterocycles. The first-order valence-corrected chi connectivity index (χ1v) is 10.5. The monoisotopic (exact) mass is 410 g/mol. The molecule has 0 atom stereocenters. The lowest BCUT2D eigenvalue weighted by atomic mass is 10.0. The molecule has 28 heavy (non-hydrogen) atoms. The van der Waals surface area contributed by atoms with Crippen LogP contribution in [0.15, 0.2) is 46.1 Å². The highest BCUT2D eigenvalue weighted by atomic mass is 32.1. The molecule has 0 aliphatic heterocycles. The molecule has 0 fully saturated rings. The van der Waals surface area contributed by atoms with Gasteiger partial charge in [0.1, 0.15) is 4.83 Å². The number of rotatable bonds is 5. The molecule has 8 heteroatoms. The molecule has 0 saturated carbocycles. The number of carbonyl (C=O) groups excluding carboxylic acids is 1. The van der Waals surface area contributed by atoms with Gasteiger partial charge in [-0.15, -0.1) is 22.7 Å². The highest BCUT2D eigenvalue weighted by Crippen LogP contribution is 2.28. The molecule has 0 spiro atoms. The first-order chi connectivity index (χ1) is 13.5. The Balaban J connectivity index is 1.43. The zero-order valence-electron chi connectivity index (χ0n) is 15.4. The minimum Gasteiger partial charge on any atom is -0.302 e. The summed E-state index contributed by atoms with van der Waals surface area (Å²) >= 11 is 2.82. The molecule has 1 amide bonds. The lowest BCUT2D eigenvalue weighted by molar-refractivity contribution is -0.116. The SMILES string of the molecule is Cc1ccc(C)c(-c2csc(NC(=O)CCn3cnc4sccc4c3=O)n2)c1. The second-order valence-electron chi connectivity index (χ2n) is 6.54. The molecular weight excluding hydrogens is 392 g/mol. The van der Waals surface area contributed by atoms with Crippen molar-refractivity contribution in [2.45, 2.75) is 26.8 Å². The highest BCUT2D eigenvalue weighted by Gasteiger charge is 2.11. The smallest absolute Gasteiger partial charge is 0.262 e. The summed E-state index contributed by atoms with van der Waals surface area (Å²) in [5.74, 6) is -0.181. The Bertz CT molecular complexity index is 1220. The third-order valence-electron chi connectivity index (χ3n) is 4.45. The number of anilines is 1. The van der Waals surface area contributed by atoms with E-state index < -0.39 is 0 Å². The number of thiazole rings is 1. The number of nitrogens with zero attached hydrogens (tertiary/aromatic N) is 3. The van der Waals surface area contributed by atoms with Gasteiger partial charge in [0.05, 0.1) is 17.4 Å². The summed E-state index contributed by atoms with van der Waals surface area (Å²) in [4.78, 5) is 34.2. The van der Waals surface area contributed by atoms with Crippen LogP contribution in [-0.2, 0) is 11.3 Å². The van der Waals surface area contributed by atoms with Crippen molar-refractivity contribution in [3.8, 4) is 11.3 Å². The van der Waals surface area contributed by atoms with Crippen molar-refractivity contribution in [2.75, 3.05) is 5.32 Å². The van der Waals surface area contributed by atoms with E-state index in [0.717, 1.165) is 16.8 Å². The second-order valence-corrected chi connectivity index (χ2v) is 8.29. The van der Waals surface area contributed by atoms with E-state index in [4.69, 9.17) is 0 Å². The molecule has 0 radical (unpaired) electrons. The van der Waals surface area contributed by atoms with Gasteiger partial charge in [-0.3, -0.25) is 14.2 Å². The van der Waals surface area contributed by atoms with E-state index in [-0.39, 0.29) is 24.4 Å². The Hall–Kier alpha value is -2.84. The number of aromatic nitrogens is 3. The number of fused-ring (bicyclic) bond motifs is 1. The van der Waals surface area contributed by atoms with E-state index in [1.165, 1.54) is 39.1 Å². The van der Waals surface area contributed by atoms with Gasteiger partial charge in [-0.25, -0.2) is 9.97 Å². The molecule has 0 bridgehead atoms. The van der Waals surface area contributed by atoms with E-state index in [1.807, 2.05) is 24.6 Å². The molecule has 0 aliphatic rings. The zero-order valence-corrected chi connectivity index (χ0v) is 17.1. The van der Waals surface area contributed by atoms with Crippen LogP contribution in [0.3, 0.4) is 0 Å². The van der Waals surface area contributed by atoms with Gasteiger partial charge in [0, 0.05) is 23.9 Å². The summed E-state index contributed by atoms with van der Waals surface area (Å²) in [6, 6.07) is 7.99. The summed E-state index contributed by atoms with van der Waals surface area (Å²) in [6.07, 6.45) is 1.67. The van der Waals surface area contributed by atoms with Crippen LogP contribution in [0.1, 0.15) is 17.5 Å². The number of carbonyl (C=O) groups is 1. The van der Waals surface area contributed by atoms with Crippen molar-refractivity contribution >= 4 is 43.9 Å². The molecule has 4 rings (SSSR count). The second kappa shape index (κ2) is 7.65. The Kier molecular flexibility index (Phi) is 5.06. The van der Waals surface area contributed by atoms with E-state index in [2.05, 4.69) is 33.5 Å². The number of hydrogen-bond donors (Lipinski definition) is 1. The average Bonchev–Trinajstić information content (AvgIpc) is 3.33. The van der Waals surface area contributed by atoms with Crippen LogP contribution < -0.4 is 10.9 Å². The highest BCUT2D eigenvalue weighted by molar-refractivity contribution is 7.16. The fraction of sp³-hybridized carbons (Fsp3) is 0.200. The van der Waals surface area contributed by atoms with E-state index in [0.29, 0.717) is 15.3 Å². The van der Waals surface area contributed by atoms with Gasteiger partial charge in [-0.1, -0.05) is 17.7 Å². The normalized spacial score (nSPS) is 11.1. The fourth-order valence-electron chi connectivity index (χ4n) is 2.92. The van der Waals surface area contributed by atoms with Gasteiger partial charge >= 0.3 is 0 Å². The van der Waals surface area contributed by atoms with Crippen molar-refractivity contribution in [2.24, 2.45) is 0 Å². The number of hydrogen-bond acceptors (Lipinski definition) is 6. The Labute approximate surface area is 169 Å². The summed E-state index contributed by atoms with van der Waals surface area (Å²) < 4.78 is 1.47. The van der Waals surface area contributed by atoms with E-state index in [9.17, 15) is 9.59 Å². The van der Waals surface area contributed by atoms with Crippen LogP contribution >= 0.6 is 22.7 Å². The predicted molar refractivity (Wildman–Crippen MR) is 114 cm³/mol. The van der Waals surface area contributed by atoms with Crippen LogP contribution in [0.2, 0.25) is 0 Å². The van der Waals surface area contributed by atoms with Crippen molar-refractivity contribution in [1.82, 2.24) is 14.5 Å². The van der Waals surface area contributed by atoms with Crippen molar-refractivity contribution < 1.29 is 4.79 Å². The minimum atomic E-state index is -0.181. The number of nitrogens with one attached hydrogen (secondary N) is 1. The van der Waals surface area contributed by atoms with Gasteiger partial charge in [-0.2, -0.15) is 0 Å². The number of benzene rings is 1. The number of amides is 1. The topological polar surface area (TPSA) is 76.9 Å². The minimum absolute atomic E-state index is 0.120. The van der Waals surface area contributed by atoms with Gasteiger partial charge in [0.2, 0.25) is 5.91 Å². The molecule has 0 unspecified atom stereocenters. The molecule has 1 aromatic carbocycles. The number of thiophene rings is 1. The van der Waals surface area contributed by atoms with Gasteiger partial charge in [0.15, 0.2) is 5.13 Å². The first-order valence-electron chi connectivity index (χ1n) is 8.77. The molecule has 6 nitrogen and oxygen atoms in total. The van der Waals surface area contributed by atoms with Crippen LogP contribution in [0, 0.1) is 13.8 Å². The predicted octanol–water partition coefficient (Wildman–Crippen LogP) is 4.23. The zero-order chi connectivity index (χ0) is 19.7. The van der Waals surface area contributed by atoms with Crippen LogP contribution in [-0.4, -0.2) is 20.4 Å². The van der Waals surface area contributed by atoms with E-state index >= 15 is 0 Å². The third-order valence-corrected chi connectivity index (χ3v) is 6.03. The Morgan fingerprint density at radius 2 is 2.07 bits per heavy atom. The van der Waals surface area contributed by atoms with Gasteiger partial charge in [0.25, 0.3) is 5.56 Å². The van der Waals surface area contributed by atoms with Crippen LogP contribution in [0.5, 0.6) is 0 Å². The molecule has 1 N–H and O–H groups in total. The van der Waals surface area contributed by atoms with Gasteiger partial charge in [-0.05, 0) is 36.9 Å². The van der Waals surface area contributed by atoms with Crippen molar-refractivity contribution in [1.29, 1.82) is 0 Å². The quantitative estimate of drug-likeness (QED) is 0.534. The van der Waals surface area contributed by atoms with Gasteiger partial charge < -0.3 is 5.32 Å². The van der Waals surface area contributed by atoms with E-state index in [1.54, 1.807) is 6.07 Å². The summed E-state index contributed by atoms with van der Waals surface area (Å²) in [6.45, 7) is 4.36. The Morgan fingerprint density at radius 3 is 2.93 bits per heavy atom. The lowest BCUT2D eigenvalue weighted by Gasteiger charge is -2.05. The summed E-state index contributed by atoms with van der Waals surface area (Å²) in [5, 5.41) is 7.75. The maximum absolute atomic E-state index is 12.4. The largest absolute Gasteiger partial charge is 0.302 e. The van der Waals surface area contributed by atoms with Crippen molar-refractivity contribution in [3.63, 3.8) is 0 Å². The van der Waals surface area contributed by atoms with Crippen LogP contribution in [0.4, 0.5) is 5.13 Å². The lowest BCUT2D eigenvalue weighted by Crippen LogP contribution is -2.23. The summed E-state index contributed by atoms with van der Waals surface area (Å²) in [7, 11) is 0. The molecule has 0 aliphatic carbocycles. The van der Waals surface area contributed by atoms with Crippen molar-refractivity contribution in [3.05, 3.63) is 62.8 Å². The maximum Gasteiger partial charge on any atom is 0.262 e. The standard InChI is InChI=1S/C20H18N4O2S2/c1-12-3-4-13(2)15(9-12)16-10-28-20(22-16)23-17(25)5-7-24-11-21-18-14(19(24)26)6-8-27-18/h3-4,6,8-11H,5,7H2,1-2H3,(H,22,23,25). The number of aryl methyl sites for hydroxylation is 3. The average molecular weight is 411 g/mol. The fourth-order valence-corrected chi connectivity index (χ4v) is 4.37. The molecule has 3 heterocycles. The molecule has 3 aromatic heterocycles. The third kappa shape index (κ3) is 3.74. The summed E-state index contributed by atoms with van der Waals surface area (Å²) in [5.41, 5.74) is 4.11. The molecule has 4 aromatic rings. The molecular formula is C20H18N4O2S2. The molecule has 142 valence electrons.